The molecule has 0 N–H and O–H groups in total. The Hall–Kier alpha value is -1.38. The van der Waals surface area contributed by atoms with E-state index in [4.69, 9.17) is 32.7 Å². The molecule has 2 aromatic carbocycles. The summed E-state index contributed by atoms with van der Waals surface area (Å²) in [4.78, 5) is 0. The summed E-state index contributed by atoms with van der Waals surface area (Å²) in [6.07, 6.45) is 0.881. The lowest BCUT2D eigenvalue weighted by atomic mass is 10.0. The van der Waals surface area contributed by atoms with Crippen molar-refractivity contribution in [1.29, 1.82) is 0 Å². The number of benzene rings is 2. The lowest BCUT2D eigenvalue weighted by Gasteiger charge is -2.13. The van der Waals surface area contributed by atoms with Gasteiger partial charge in [-0.25, -0.2) is 0 Å². The van der Waals surface area contributed by atoms with Gasteiger partial charge in [-0.15, -0.1) is 0 Å². The Morgan fingerprint density at radius 2 is 1.84 bits per heavy atom. The Morgan fingerprint density at radius 3 is 2.63 bits per heavy atom. The average molecular weight is 295 g/mol. The number of rotatable bonds is 2. The van der Waals surface area contributed by atoms with E-state index in [1.54, 1.807) is 13.2 Å². The summed E-state index contributed by atoms with van der Waals surface area (Å²) in [5.74, 6) is 1.63. The van der Waals surface area contributed by atoms with E-state index in [0.717, 1.165) is 34.6 Å². The predicted molar refractivity (Wildman–Crippen MR) is 77.6 cm³/mol. The van der Waals surface area contributed by atoms with Crippen LogP contribution in [0.3, 0.4) is 0 Å². The quantitative estimate of drug-likeness (QED) is 0.806. The molecule has 3 rings (SSSR count). The van der Waals surface area contributed by atoms with Crippen molar-refractivity contribution in [3.63, 3.8) is 0 Å². The number of fused-ring (bicyclic) bond motifs is 1. The molecule has 0 spiro atoms. The number of ether oxygens (including phenoxy) is 2. The van der Waals surface area contributed by atoms with E-state index >= 15 is 0 Å². The summed E-state index contributed by atoms with van der Waals surface area (Å²) in [7, 11) is 1.64. The molecule has 19 heavy (non-hydrogen) atoms. The highest BCUT2D eigenvalue weighted by Crippen LogP contribution is 2.43. The minimum atomic E-state index is 0.655. The maximum absolute atomic E-state index is 6.18. The Bertz CT molecular complexity index is 638. The van der Waals surface area contributed by atoms with Crippen molar-refractivity contribution in [2.45, 2.75) is 6.42 Å². The molecule has 0 bridgehead atoms. The summed E-state index contributed by atoms with van der Waals surface area (Å²) >= 11 is 12.3. The molecule has 2 nitrogen and oxygen atoms in total. The largest absolute Gasteiger partial charge is 0.496 e. The van der Waals surface area contributed by atoms with Crippen LogP contribution in [-0.2, 0) is 6.42 Å². The van der Waals surface area contributed by atoms with Crippen LogP contribution >= 0.6 is 23.2 Å². The first-order valence-corrected chi connectivity index (χ1v) is 6.74. The third-order valence-corrected chi connectivity index (χ3v) is 3.65. The zero-order valence-corrected chi connectivity index (χ0v) is 11.9. The van der Waals surface area contributed by atoms with Crippen molar-refractivity contribution in [2.24, 2.45) is 0 Å². The minimum Gasteiger partial charge on any atom is -0.496 e. The van der Waals surface area contributed by atoms with Gasteiger partial charge in [-0.3, -0.25) is 0 Å². The Balaban J connectivity index is 2.25. The van der Waals surface area contributed by atoms with Crippen LogP contribution in [0.1, 0.15) is 5.56 Å². The molecule has 0 radical (unpaired) electrons. The van der Waals surface area contributed by atoms with Gasteiger partial charge in [0, 0.05) is 27.6 Å². The van der Waals surface area contributed by atoms with Crippen molar-refractivity contribution in [3.8, 4) is 22.6 Å². The Kier molecular flexibility index (Phi) is 3.29. The Labute approximate surface area is 121 Å². The molecule has 0 amide bonds. The summed E-state index contributed by atoms with van der Waals surface area (Å²) in [5, 5.41) is 1.35. The number of hydrogen-bond donors (Lipinski definition) is 0. The maximum atomic E-state index is 6.18. The molecule has 0 saturated heterocycles. The second-order valence-corrected chi connectivity index (χ2v) is 5.26. The molecule has 0 aromatic heterocycles. The highest BCUT2D eigenvalue weighted by Gasteiger charge is 2.20. The topological polar surface area (TPSA) is 18.5 Å². The third-order valence-electron chi connectivity index (χ3n) is 3.20. The van der Waals surface area contributed by atoms with Crippen LogP contribution in [-0.4, -0.2) is 13.7 Å². The van der Waals surface area contributed by atoms with Crippen molar-refractivity contribution in [1.82, 2.24) is 0 Å². The Morgan fingerprint density at radius 1 is 1.05 bits per heavy atom. The van der Waals surface area contributed by atoms with Crippen LogP contribution in [0.25, 0.3) is 11.1 Å². The summed E-state index contributed by atoms with van der Waals surface area (Å²) in [6.45, 7) is 0.686. The standard InChI is InChI=1S/C15H12Cl2O2/c1-18-14-3-2-10(16)7-12(14)13-8-11(17)6-9-4-5-19-15(9)13/h2-3,6-8H,4-5H2,1H3. The fourth-order valence-corrected chi connectivity index (χ4v) is 2.77. The second-order valence-electron chi connectivity index (χ2n) is 4.38. The first-order chi connectivity index (χ1) is 9.19. The van der Waals surface area contributed by atoms with Gasteiger partial charge in [-0.1, -0.05) is 23.2 Å². The molecule has 4 heteroatoms. The summed E-state index contributed by atoms with van der Waals surface area (Å²) in [5.41, 5.74) is 2.96. The molecule has 1 aliphatic rings. The van der Waals surface area contributed by atoms with Crippen LogP contribution in [0, 0.1) is 0 Å². The van der Waals surface area contributed by atoms with E-state index in [1.165, 1.54) is 0 Å². The van der Waals surface area contributed by atoms with Gasteiger partial charge in [0.25, 0.3) is 0 Å². The number of halogens is 2. The molecule has 0 atom stereocenters. The smallest absolute Gasteiger partial charge is 0.130 e. The van der Waals surface area contributed by atoms with E-state index in [2.05, 4.69) is 0 Å². The van der Waals surface area contributed by atoms with E-state index in [0.29, 0.717) is 16.7 Å². The maximum Gasteiger partial charge on any atom is 0.130 e. The molecule has 98 valence electrons. The first-order valence-electron chi connectivity index (χ1n) is 5.98. The zero-order valence-electron chi connectivity index (χ0n) is 10.4. The van der Waals surface area contributed by atoms with Crippen LogP contribution in [0.2, 0.25) is 10.0 Å². The van der Waals surface area contributed by atoms with Crippen molar-refractivity contribution in [3.05, 3.63) is 45.9 Å². The first kappa shape index (κ1) is 12.6. The molecule has 0 unspecified atom stereocenters. The summed E-state index contributed by atoms with van der Waals surface area (Å²) in [6, 6.07) is 9.35. The molecule has 1 heterocycles. The number of hydrogen-bond acceptors (Lipinski definition) is 2. The second kappa shape index (κ2) is 4.95. The van der Waals surface area contributed by atoms with Crippen molar-refractivity contribution >= 4 is 23.2 Å². The number of methoxy groups -OCH3 is 1. The molecular formula is C15H12Cl2O2. The van der Waals surface area contributed by atoms with Crippen LogP contribution in [0.4, 0.5) is 0 Å². The third kappa shape index (κ3) is 2.26. The molecule has 1 aliphatic heterocycles. The predicted octanol–water partition coefficient (Wildman–Crippen LogP) is 4.60. The normalized spacial score (nSPS) is 13.0. The van der Waals surface area contributed by atoms with Gasteiger partial charge in [0.15, 0.2) is 0 Å². The fourth-order valence-electron chi connectivity index (χ4n) is 2.36. The van der Waals surface area contributed by atoms with E-state index in [1.807, 2.05) is 24.3 Å². The molecule has 0 fully saturated rings. The molecule has 2 aromatic rings. The summed E-state index contributed by atoms with van der Waals surface area (Å²) < 4.78 is 11.1. The highest BCUT2D eigenvalue weighted by atomic mass is 35.5. The van der Waals surface area contributed by atoms with Gasteiger partial charge >= 0.3 is 0 Å². The van der Waals surface area contributed by atoms with E-state index in [-0.39, 0.29) is 0 Å². The van der Waals surface area contributed by atoms with Crippen molar-refractivity contribution in [2.75, 3.05) is 13.7 Å². The van der Waals surface area contributed by atoms with Gasteiger partial charge in [-0.2, -0.15) is 0 Å². The molecular weight excluding hydrogens is 283 g/mol. The monoisotopic (exact) mass is 294 g/mol. The van der Waals surface area contributed by atoms with Crippen molar-refractivity contribution < 1.29 is 9.47 Å². The van der Waals surface area contributed by atoms with E-state index in [9.17, 15) is 0 Å². The zero-order chi connectivity index (χ0) is 13.4. The average Bonchev–Trinajstić information content (AvgIpc) is 2.85. The molecule has 0 aliphatic carbocycles. The van der Waals surface area contributed by atoms with Gasteiger partial charge in [0.2, 0.25) is 0 Å². The fraction of sp³-hybridized carbons (Fsp3) is 0.200. The lowest BCUT2D eigenvalue weighted by Crippen LogP contribution is -1.92. The van der Waals surface area contributed by atoms with Crippen LogP contribution < -0.4 is 9.47 Å². The lowest BCUT2D eigenvalue weighted by molar-refractivity contribution is 0.357. The highest BCUT2D eigenvalue weighted by molar-refractivity contribution is 6.31. The SMILES string of the molecule is COc1ccc(Cl)cc1-c1cc(Cl)cc2c1OCC2. The van der Waals surface area contributed by atoms with Crippen LogP contribution in [0.15, 0.2) is 30.3 Å². The van der Waals surface area contributed by atoms with E-state index < -0.39 is 0 Å². The van der Waals surface area contributed by atoms with Gasteiger partial charge < -0.3 is 9.47 Å². The van der Waals surface area contributed by atoms with Crippen LogP contribution in [0.5, 0.6) is 11.5 Å². The van der Waals surface area contributed by atoms with Gasteiger partial charge in [0.1, 0.15) is 11.5 Å². The minimum absolute atomic E-state index is 0.655. The van der Waals surface area contributed by atoms with Gasteiger partial charge in [0.05, 0.1) is 13.7 Å². The van der Waals surface area contributed by atoms with Gasteiger partial charge in [-0.05, 0) is 35.9 Å². The molecule has 0 saturated carbocycles.